The molecule has 0 unspecified atom stereocenters. The van der Waals surface area contributed by atoms with Crippen molar-refractivity contribution in [2.24, 2.45) is 0 Å². The molecule has 1 aromatic heterocycles. The van der Waals surface area contributed by atoms with Crippen molar-refractivity contribution >= 4 is 39.0 Å². The monoisotopic (exact) mass is 392 g/mol. The van der Waals surface area contributed by atoms with Crippen molar-refractivity contribution in [2.75, 3.05) is 10.6 Å². The van der Waals surface area contributed by atoms with Crippen LogP contribution in [0.3, 0.4) is 0 Å². The fraction of sp³-hybridized carbons (Fsp3) is 0.0400. The molecule has 0 aliphatic carbocycles. The number of anilines is 2. The van der Waals surface area contributed by atoms with E-state index >= 15 is 0 Å². The van der Waals surface area contributed by atoms with Gasteiger partial charge in [0.1, 0.15) is 0 Å². The molecule has 1 heterocycles. The number of benzene rings is 4. The van der Waals surface area contributed by atoms with Gasteiger partial charge < -0.3 is 10.6 Å². The van der Waals surface area contributed by atoms with Crippen LogP contribution in [0.5, 0.6) is 0 Å². The number of hydrogen-bond donors (Lipinski definition) is 2. The standard InChI is InChI=1S/C25H20N4O/c30-25(28-24-14-6-10-19-8-2-4-13-23(19)24)27-21-15-26-29(17-21)16-20-11-5-9-18-7-1-3-12-22(18)20/h1-15,17H,16H2,(H2,27,28,30). The summed E-state index contributed by atoms with van der Waals surface area (Å²) in [5, 5.41) is 14.7. The zero-order chi connectivity index (χ0) is 20.3. The molecule has 2 amide bonds. The van der Waals surface area contributed by atoms with Crippen LogP contribution in [-0.2, 0) is 6.54 Å². The lowest BCUT2D eigenvalue weighted by Crippen LogP contribution is -2.19. The molecule has 0 radical (unpaired) electrons. The number of carbonyl (C=O) groups is 1. The molecule has 0 atom stereocenters. The first-order valence-corrected chi connectivity index (χ1v) is 9.81. The highest BCUT2D eigenvalue weighted by molar-refractivity contribution is 6.06. The van der Waals surface area contributed by atoms with Gasteiger partial charge in [-0.1, -0.05) is 78.9 Å². The summed E-state index contributed by atoms with van der Waals surface area (Å²) in [7, 11) is 0. The van der Waals surface area contributed by atoms with Gasteiger partial charge in [0, 0.05) is 11.6 Å². The molecule has 5 aromatic rings. The van der Waals surface area contributed by atoms with Crippen LogP contribution in [-0.4, -0.2) is 15.8 Å². The number of carbonyl (C=O) groups excluding carboxylic acids is 1. The zero-order valence-corrected chi connectivity index (χ0v) is 16.2. The molecular formula is C25H20N4O. The van der Waals surface area contributed by atoms with Gasteiger partial charge in [-0.05, 0) is 27.8 Å². The van der Waals surface area contributed by atoms with Crippen LogP contribution in [0.15, 0.2) is 97.3 Å². The average molecular weight is 392 g/mol. The Kier molecular flexibility index (Phi) is 4.62. The van der Waals surface area contributed by atoms with E-state index < -0.39 is 0 Å². The second-order valence-corrected chi connectivity index (χ2v) is 7.17. The van der Waals surface area contributed by atoms with Gasteiger partial charge >= 0.3 is 6.03 Å². The number of hydrogen-bond acceptors (Lipinski definition) is 2. The van der Waals surface area contributed by atoms with Crippen LogP contribution in [0.25, 0.3) is 21.5 Å². The lowest BCUT2D eigenvalue weighted by Gasteiger charge is -2.09. The summed E-state index contributed by atoms with van der Waals surface area (Å²) >= 11 is 0. The molecule has 0 spiro atoms. The second-order valence-electron chi connectivity index (χ2n) is 7.17. The van der Waals surface area contributed by atoms with Gasteiger partial charge in [0.2, 0.25) is 0 Å². The molecule has 30 heavy (non-hydrogen) atoms. The van der Waals surface area contributed by atoms with Gasteiger partial charge in [-0.2, -0.15) is 5.10 Å². The first-order chi connectivity index (χ1) is 14.8. The van der Waals surface area contributed by atoms with E-state index in [0.717, 1.165) is 16.5 Å². The molecule has 0 saturated carbocycles. The third kappa shape index (κ3) is 3.61. The van der Waals surface area contributed by atoms with Gasteiger partial charge in [-0.3, -0.25) is 4.68 Å². The van der Waals surface area contributed by atoms with Crippen LogP contribution in [0, 0.1) is 0 Å². The minimum atomic E-state index is -0.295. The Morgan fingerprint density at radius 3 is 2.27 bits per heavy atom. The predicted molar refractivity (Wildman–Crippen MR) is 122 cm³/mol. The minimum Gasteiger partial charge on any atom is -0.307 e. The highest BCUT2D eigenvalue weighted by Crippen LogP contribution is 2.23. The maximum Gasteiger partial charge on any atom is 0.323 e. The van der Waals surface area contributed by atoms with Crippen molar-refractivity contribution in [3.8, 4) is 0 Å². The fourth-order valence-corrected chi connectivity index (χ4v) is 3.74. The summed E-state index contributed by atoms with van der Waals surface area (Å²) in [6, 6.07) is 28.1. The van der Waals surface area contributed by atoms with E-state index in [1.54, 1.807) is 6.20 Å². The van der Waals surface area contributed by atoms with Crippen molar-refractivity contribution in [3.63, 3.8) is 0 Å². The van der Waals surface area contributed by atoms with Gasteiger partial charge in [0.25, 0.3) is 0 Å². The number of nitrogens with one attached hydrogen (secondary N) is 2. The molecule has 0 aliphatic heterocycles. The SMILES string of the molecule is O=C(Nc1cnn(Cc2cccc3ccccc23)c1)Nc1cccc2ccccc12. The van der Waals surface area contributed by atoms with Crippen molar-refractivity contribution in [3.05, 3.63) is 103 Å². The molecule has 146 valence electrons. The zero-order valence-electron chi connectivity index (χ0n) is 16.2. The smallest absolute Gasteiger partial charge is 0.307 e. The number of urea groups is 1. The predicted octanol–water partition coefficient (Wildman–Crippen LogP) is 5.88. The van der Waals surface area contributed by atoms with Gasteiger partial charge in [-0.25, -0.2) is 4.79 Å². The van der Waals surface area contributed by atoms with Crippen LogP contribution in [0.2, 0.25) is 0 Å². The molecule has 5 rings (SSSR count). The van der Waals surface area contributed by atoms with E-state index in [0.29, 0.717) is 12.2 Å². The van der Waals surface area contributed by atoms with Crippen molar-refractivity contribution in [1.82, 2.24) is 9.78 Å². The summed E-state index contributed by atoms with van der Waals surface area (Å²) in [5.74, 6) is 0. The largest absolute Gasteiger partial charge is 0.323 e. The van der Waals surface area contributed by atoms with Crippen molar-refractivity contribution in [1.29, 1.82) is 0 Å². The van der Waals surface area contributed by atoms with Crippen molar-refractivity contribution < 1.29 is 4.79 Å². The maximum atomic E-state index is 12.5. The highest BCUT2D eigenvalue weighted by atomic mass is 16.2. The van der Waals surface area contributed by atoms with Gasteiger partial charge in [0.05, 0.1) is 24.1 Å². The third-order valence-electron chi connectivity index (χ3n) is 5.14. The topological polar surface area (TPSA) is 59.0 Å². The second kappa shape index (κ2) is 7.72. The Bertz CT molecular complexity index is 1350. The summed E-state index contributed by atoms with van der Waals surface area (Å²) in [5.41, 5.74) is 2.60. The van der Waals surface area contributed by atoms with Gasteiger partial charge in [-0.15, -0.1) is 0 Å². The molecule has 0 aliphatic rings. The number of amides is 2. The Labute approximate surface area is 174 Å². The number of nitrogens with zero attached hydrogens (tertiary/aromatic N) is 2. The quantitative estimate of drug-likeness (QED) is 0.401. The molecule has 5 heteroatoms. The highest BCUT2D eigenvalue weighted by Gasteiger charge is 2.08. The van der Waals surface area contributed by atoms with E-state index in [1.165, 1.54) is 16.3 Å². The van der Waals surface area contributed by atoms with E-state index in [2.05, 4.69) is 46.1 Å². The minimum absolute atomic E-state index is 0.295. The van der Waals surface area contributed by atoms with Gasteiger partial charge in [0.15, 0.2) is 0 Å². The Hall–Kier alpha value is -4.12. The first-order valence-electron chi connectivity index (χ1n) is 9.81. The van der Waals surface area contributed by atoms with Crippen molar-refractivity contribution in [2.45, 2.75) is 6.54 Å². The van der Waals surface area contributed by atoms with E-state index in [-0.39, 0.29) is 6.03 Å². The first kappa shape index (κ1) is 17.9. The summed E-state index contributed by atoms with van der Waals surface area (Å²) in [6.45, 7) is 0.633. The molecule has 2 N–H and O–H groups in total. The van der Waals surface area contributed by atoms with Crippen LogP contribution < -0.4 is 10.6 Å². The van der Waals surface area contributed by atoms with Crippen LogP contribution in [0.4, 0.5) is 16.2 Å². The molecule has 4 aromatic carbocycles. The molecule has 0 fully saturated rings. The summed E-state index contributed by atoms with van der Waals surface area (Å²) < 4.78 is 1.83. The summed E-state index contributed by atoms with van der Waals surface area (Å²) in [6.07, 6.45) is 3.50. The molecule has 0 bridgehead atoms. The number of rotatable bonds is 4. The van der Waals surface area contributed by atoms with E-state index in [4.69, 9.17) is 0 Å². The molecule has 5 nitrogen and oxygen atoms in total. The van der Waals surface area contributed by atoms with Crippen LogP contribution in [0.1, 0.15) is 5.56 Å². The fourth-order valence-electron chi connectivity index (χ4n) is 3.74. The number of fused-ring (bicyclic) bond motifs is 2. The normalized spacial score (nSPS) is 10.9. The Morgan fingerprint density at radius 2 is 1.43 bits per heavy atom. The molecular weight excluding hydrogens is 372 g/mol. The number of aromatic nitrogens is 2. The summed E-state index contributed by atoms with van der Waals surface area (Å²) in [4.78, 5) is 12.5. The maximum absolute atomic E-state index is 12.5. The lowest BCUT2D eigenvalue weighted by atomic mass is 10.0. The molecule has 0 saturated heterocycles. The van der Waals surface area contributed by atoms with E-state index in [9.17, 15) is 4.79 Å². The van der Waals surface area contributed by atoms with E-state index in [1.807, 2.05) is 65.5 Å². The Balaban J connectivity index is 1.30. The average Bonchev–Trinajstić information content (AvgIpc) is 3.21. The third-order valence-corrected chi connectivity index (χ3v) is 5.14. The van der Waals surface area contributed by atoms with Crippen LogP contribution >= 0.6 is 0 Å². The Morgan fingerprint density at radius 1 is 0.767 bits per heavy atom. The lowest BCUT2D eigenvalue weighted by molar-refractivity contribution is 0.262.